The Labute approximate surface area is 117 Å². The van der Waals surface area contributed by atoms with Crippen LogP contribution in [0.1, 0.15) is 36.0 Å². The zero-order valence-corrected chi connectivity index (χ0v) is 11.6. The van der Waals surface area contributed by atoms with Crippen molar-refractivity contribution in [2.24, 2.45) is 0 Å². The third-order valence-electron chi connectivity index (χ3n) is 3.11. The Kier molecular flexibility index (Phi) is 4.29. The van der Waals surface area contributed by atoms with Crippen molar-refractivity contribution in [3.05, 3.63) is 33.8 Å². The lowest BCUT2D eigenvalue weighted by Gasteiger charge is -2.22. The number of ketones is 1. The number of hydrogen-bond donors (Lipinski definition) is 1. The lowest BCUT2D eigenvalue weighted by atomic mass is 9.94. The summed E-state index contributed by atoms with van der Waals surface area (Å²) in [5.74, 6) is -2.43. The van der Waals surface area contributed by atoms with Crippen LogP contribution in [0.4, 0.5) is 8.78 Å². The Morgan fingerprint density at radius 1 is 1.21 bits per heavy atom. The van der Waals surface area contributed by atoms with Crippen molar-refractivity contribution in [3.8, 4) is 0 Å². The summed E-state index contributed by atoms with van der Waals surface area (Å²) in [6, 6.07) is 1.89. The van der Waals surface area contributed by atoms with Crippen molar-refractivity contribution in [2.75, 3.05) is 0 Å². The minimum absolute atomic E-state index is 0.159. The predicted octanol–water partition coefficient (Wildman–Crippen LogP) is 2.97. The second kappa shape index (κ2) is 5.77. The molecule has 0 atom stereocenters. The average Bonchev–Trinajstić information content (AvgIpc) is 2.30. The van der Waals surface area contributed by atoms with E-state index in [-0.39, 0.29) is 16.3 Å². The molecule has 1 aromatic rings. The van der Waals surface area contributed by atoms with Gasteiger partial charge in [0.05, 0.1) is 0 Å². The predicted molar refractivity (Wildman–Crippen MR) is 68.8 cm³/mol. The highest BCUT2D eigenvalue weighted by Gasteiger charge is 2.24. The van der Waals surface area contributed by atoms with Gasteiger partial charge in [-0.3, -0.25) is 9.59 Å². The van der Waals surface area contributed by atoms with Gasteiger partial charge in [0.15, 0.2) is 0 Å². The van der Waals surface area contributed by atoms with Crippen molar-refractivity contribution in [2.45, 2.75) is 31.7 Å². The van der Waals surface area contributed by atoms with Crippen LogP contribution in [0.3, 0.4) is 0 Å². The first-order valence-corrected chi connectivity index (χ1v) is 6.74. The molecule has 0 bridgehead atoms. The summed E-state index contributed by atoms with van der Waals surface area (Å²) < 4.78 is 27.4. The Hall–Kier alpha value is -1.30. The van der Waals surface area contributed by atoms with E-state index in [1.54, 1.807) is 0 Å². The van der Waals surface area contributed by atoms with E-state index in [4.69, 9.17) is 0 Å². The molecule has 0 radical (unpaired) electrons. The molecule has 1 aromatic carbocycles. The molecule has 0 unspecified atom stereocenters. The van der Waals surface area contributed by atoms with Crippen LogP contribution in [-0.2, 0) is 4.79 Å². The number of benzene rings is 1. The van der Waals surface area contributed by atoms with Gasteiger partial charge in [-0.25, -0.2) is 8.78 Å². The molecule has 6 heteroatoms. The molecule has 1 aliphatic rings. The van der Waals surface area contributed by atoms with E-state index >= 15 is 0 Å². The molecule has 1 amide bonds. The molecule has 0 spiro atoms. The molecule has 0 aromatic heterocycles. The molecule has 0 saturated heterocycles. The number of carbonyl (C=O) groups excluding carboxylic acids is 2. The summed E-state index contributed by atoms with van der Waals surface area (Å²) in [6.45, 7) is 0. The number of halogens is 3. The van der Waals surface area contributed by atoms with Crippen molar-refractivity contribution in [3.63, 3.8) is 0 Å². The third-order valence-corrected chi connectivity index (χ3v) is 3.57. The molecule has 1 fully saturated rings. The van der Waals surface area contributed by atoms with Gasteiger partial charge in [0, 0.05) is 23.4 Å². The molecule has 0 heterocycles. The standard InChI is InChI=1S/C13H12BrF2NO2/c14-7-5-10(15)12(11(16)6-7)13(19)17-8-1-3-9(18)4-2-8/h5-6,8H,1-4H2,(H,17,19). The van der Waals surface area contributed by atoms with E-state index in [9.17, 15) is 18.4 Å². The number of amides is 1. The molecule has 19 heavy (non-hydrogen) atoms. The van der Waals surface area contributed by atoms with Gasteiger partial charge in [-0.1, -0.05) is 15.9 Å². The van der Waals surface area contributed by atoms with Gasteiger partial charge in [0.25, 0.3) is 5.91 Å². The van der Waals surface area contributed by atoms with Crippen molar-refractivity contribution < 1.29 is 18.4 Å². The minimum Gasteiger partial charge on any atom is -0.349 e. The van der Waals surface area contributed by atoms with E-state index in [0.717, 1.165) is 12.1 Å². The molecular weight excluding hydrogens is 320 g/mol. The van der Waals surface area contributed by atoms with Crippen LogP contribution in [0.25, 0.3) is 0 Å². The van der Waals surface area contributed by atoms with Crippen LogP contribution >= 0.6 is 15.9 Å². The SMILES string of the molecule is O=C1CCC(NC(=O)c2c(F)cc(Br)cc2F)CC1. The number of rotatable bonds is 2. The second-order valence-corrected chi connectivity index (χ2v) is 5.45. The summed E-state index contributed by atoms with van der Waals surface area (Å²) in [5.41, 5.74) is -0.583. The molecule has 2 rings (SSSR count). The highest BCUT2D eigenvalue weighted by molar-refractivity contribution is 9.10. The number of Topliss-reactive ketones (excluding diaryl/α,β-unsaturated/α-hetero) is 1. The van der Waals surface area contributed by atoms with E-state index in [1.807, 2.05) is 0 Å². The second-order valence-electron chi connectivity index (χ2n) is 4.53. The summed E-state index contributed by atoms with van der Waals surface area (Å²) in [6.07, 6.45) is 1.83. The molecular formula is C13H12BrF2NO2. The first kappa shape index (κ1) is 14.1. The fourth-order valence-electron chi connectivity index (χ4n) is 2.10. The lowest BCUT2D eigenvalue weighted by Crippen LogP contribution is -2.38. The van der Waals surface area contributed by atoms with Crippen LogP contribution in [0.2, 0.25) is 0 Å². The largest absolute Gasteiger partial charge is 0.349 e. The minimum atomic E-state index is -0.906. The first-order valence-electron chi connectivity index (χ1n) is 5.94. The fraction of sp³-hybridized carbons (Fsp3) is 0.385. The molecule has 1 aliphatic carbocycles. The van der Waals surface area contributed by atoms with Gasteiger partial charge < -0.3 is 5.32 Å². The Morgan fingerprint density at radius 2 is 1.74 bits per heavy atom. The van der Waals surface area contributed by atoms with E-state index in [0.29, 0.717) is 25.7 Å². The number of carbonyl (C=O) groups is 2. The molecule has 1 saturated carbocycles. The van der Waals surface area contributed by atoms with Crippen molar-refractivity contribution in [1.29, 1.82) is 0 Å². The monoisotopic (exact) mass is 331 g/mol. The van der Waals surface area contributed by atoms with Gasteiger partial charge in [-0.05, 0) is 25.0 Å². The molecule has 3 nitrogen and oxygen atoms in total. The Bertz CT molecular complexity index is 500. The van der Waals surface area contributed by atoms with Gasteiger partial charge in [0.2, 0.25) is 0 Å². The van der Waals surface area contributed by atoms with Gasteiger partial charge in [-0.2, -0.15) is 0 Å². The summed E-state index contributed by atoms with van der Waals surface area (Å²) in [7, 11) is 0. The maximum atomic E-state index is 13.6. The quantitative estimate of drug-likeness (QED) is 0.905. The van der Waals surface area contributed by atoms with Crippen LogP contribution in [0.5, 0.6) is 0 Å². The van der Waals surface area contributed by atoms with Crippen molar-refractivity contribution in [1.82, 2.24) is 5.32 Å². The maximum Gasteiger partial charge on any atom is 0.257 e. The average molecular weight is 332 g/mol. The third kappa shape index (κ3) is 3.37. The summed E-state index contributed by atoms with van der Waals surface area (Å²) in [4.78, 5) is 22.9. The molecule has 1 N–H and O–H groups in total. The highest BCUT2D eigenvalue weighted by atomic mass is 79.9. The van der Waals surface area contributed by atoms with Crippen LogP contribution in [0, 0.1) is 11.6 Å². The normalized spacial score (nSPS) is 16.5. The van der Waals surface area contributed by atoms with Crippen LogP contribution in [-0.4, -0.2) is 17.7 Å². The Morgan fingerprint density at radius 3 is 2.26 bits per heavy atom. The maximum absolute atomic E-state index is 13.6. The topological polar surface area (TPSA) is 46.2 Å². The zero-order valence-electron chi connectivity index (χ0n) is 10.0. The molecule has 0 aliphatic heterocycles. The van der Waals surface area contributed by atoms with E-state index < -0.39 is 23.1 Å². The summed E-state index contributed by atoms with van der Waals surface area (Å²) >= 11 is 2.95. The highest BCUT2D eigenvalue weighted by Crippen LogP contribution is 2.21. The smallest absolute Gasteiger partial charge is 0.257 e. The fourth-order valence-corrected chi connectivity index (χ4v) is 2.50. The Balaban J connectivity index is 2.10. The van der Waals surface area contributed by atoms with Crippen molar-refractivity contribution >= 4 is 27.6 Å². The van der Waals surface area contributed by atoms with Gasteiger partial charge >= 0.3 is 0 Å². The first-order chi connectivity index (χ1) is 8.97. The lowest BCUT2D eigenvalue weighted by molar-refractivity contribution is -0.120. The number of hydrogen-bond acceptors (Lipinski definition) is 2. The van der Waals surface area contributed by atoms with Crippen LogP contribution in [0.15, 0.2) is 16.6 Å². The molecule has 102 valence electrons. The van der Waals surface area contributed by atoms with Gasteiger partial charge in [0.1, 0.15) is 23.0 Å². The zero-order chi connectivity index (χ0) is 14.0. The van der Waals surface area contributed by atoms with E-state index in [2.05, 4.69) is 21.2 Å². The number of nitrogens with one attached hydrogen (secondary N) is 1. The van der Waals surface area contributed by atoms with Crippen LogP contribution < -0.4 is 5.32 Å². The summed E-state index contributed by atoms with van der Waals surface area (Å²) in [5, 5.41) is 2.57. The van der Waals surface area contributed by atoms with E-state index in [1.165, 1.54) is 0 Å². The van der Waals surface area contributed by atoms with Gasteiger partial charge in [-0.15, -0.1) is 0 Å².